The second-order valence-corrected chi connectivity index (χ2v) is 7.85. The van der Waals surface area contributed by atoms with Crippen LogP contribution in [0, 0.1) is 0 Å². The molecule has 152 valence electrons. The van der Waals surface area contributed by atoms with Gasteiger partial charge in [0.1, 0.15) is 11.2 Å². The molecule has 1 aliphatic carbocycles. The standard InChI is InChI=1S/C23H19BrN2O4/c24-21-10-9-14(12-25-21)20(11-22(27)28)26-23(29)30-13-19-17-7-3-1-5-15(17)16-6-2-4-8-18(16)19/h1-10,12,19-20H,11,13H2,(H,26,29)(H,27,28). The Kier molecular flexibility index (Phi) is 5.81. The van der Waals surface area contributed by atoms with Gasteiger partial charge in [0, 0.05) is 12.1 Å². The maximum atomic E-state index is 12.5. The number of nitrogens with one attached hydrogen (secondary N) is 1. The Morgan fingerprint density at radius 1 is 1.03 bits per heavy atom. The van der Waals surface area contributed by atoms with Gasteiger partial charge in [0.15, 0.2) is 0 Å². The minimum absolute atomic E-state index is 0.0598. The summed E-state index contributed by atoms with van der Waals surface area (Å²) in [5, 5.41) is 11.9. The zero-order valence-electron chi connectivity index (χ0n) is 15.9. The highest BCUT2D eigenvalue weighted by Crippen LogP contribution is 2.44. The zero-order chi connectivity index (χ0) is 21.1. The van der Waals surface area contributed by atoms with Crippen LogP contribution < -0.4 is 5.32 Å². The third-order valence-electron chi connectivity index (χ3n) is 5.17. The molecule has 0 saturated carbocycles. The number of amides is 1. The van der Waals surface area contributed by atoms with Gasteiger partial charge in [-0.3, -0.25) is 4.79 Å². The third-order valence-corrected chi connectivity index (χ3v) is 5.64. The second-order valence-electron chi connectivity index (χ2n) is 7.03. The number of rotatable bonds is 6. The average Bonchev–Trinajstić information content (AvgIpc) is 3.06. The van der Waals surface area contributed by atoms with Crippen LogP contribution in [0.4, 0.5) is 4.79 Å². The molecule has 0 fully saturated rings. The van der Waals surface area contributed by atoms with E-state index in [0.29, 0.717) is 10.2 Å². The van der Waals surface area contributed by atoms with Crippen LogP contribution >= 0.6 is 15.9 Å². The highest BCUT2D eigenvalue weighted by atomic mass is 79.9. The number of carboxylic acid groups (broad SMARTS) is 1. The van der Waals surface area contributed by atoms with Gasteiger partial charge in [-0.05, 0) is 49.8 Å². The highest BCUT2D eigenvalue weighted by molar-refractivity contribution is 9.10. The van der Waals surface area contributed by atoms with Crippen molar-refractivity contribution >= 4 is 28.0 Å². The average molecular weight is 467 g/mol. The summed E-state index contributed by atoms with van der Waals surface area (Å²) >= 11 is 3.25. The lowest BCUT2D eigenvalue weighted by atomic mass is 9.98. The van der Waals surface area contributed by atoms with Crippen molar-refractivity contribution in [1.29, 1.82) is 0 Å². The molecule has 0 radical (unpaired) electrons. The van der Waals surface area contributed by atoms with Crippen molar-refractivity contribution in [3.05, 3.63) is 88.2 Å². The molecule has 6 nitrogen and oxygen atoms in total. The Balaban J connectivity index is 1.47. The molecular formula is C23H19BrN2O4. The number of hydrogen-bond donors (Lipinski definition) is 2. The first-order chi connectivity index (χ1) is 14.5. The first kappa shape index (κ1) is 20.1. The number of halogens is 1. The molecule has 3 aromatic rings. The van der Waals surface area contributed by atoms with E-state index < -0.39 is 18.1 Å². The topological polar surface area (TPSA) is 88.5 Å². The number of alkyl carbamates (subject to hydrolysis) is 1. The van der Waals surface area contributed by atoms with Crippen LogP contribution in [0.25, 0.3) is 11.1 Å². The molecule has 2 aromatic carbocycles. The minimum Gasteiger partial charge on any atom is -0.481 e. The fraction of sp³-hybridized carbons (Fsp3) is 0.174. The van der Waals surface area contributed by atoms with Gasteiger partial charge in [-0.15, -0.1) is 0 Å². The molecule has 1 heterocycles. The minimum atomic E-state index is -1.03. The Morgan fingerprint density at radius 3 is 2.23 bits per heavy atom. The Morgan fingerprint density at radius 2 is 1.67 bits per heavy atom. The first-order valence-corrected chi connectivity index (χ1v) is 10.3. The lowest BCUT2D eigenvalue weighted by Crippen LogP contribution is -2.31. The van der Waals surface area contributed by atoms with Crippen molar-refractivity contribution in [2.45, 2.75) is 18.4 Å². The van der Waals surface area contributed by atoms with Crippen LogP contribution in [-0.2, 0) is 9.53 Å². The first-order valence-electron chi connectivity index (χ1n) is 9.47. The number of fused-ring (bicyclic) bond motifs is 3. The smallest absolute Gasteiger partial charge is 0.407 e. The lowest BCUT2D eigenvalue weighted by Gasteiger charge is -2.19. The highest BCUT2D eigenvalue weighted by Gasteiger charge is 2.29. The van der Waals surface area contributed by atoms with Gasteiger partial charge in [-0.25, -0.2) is 9.78 Å². The fourth-order valence-electron chi connectivity index (χ4n) is 3.80. The Labute approximate surface area is 182 Å². The molecule has 0 saturated heterocycles. The predicted molar refractivity (Wildman–Crippen MR) is 115 cm³/mol. The Bertz CT molecular complexity index is 1040. The predicted octanol–water partition coefficient (Wildman–Crippen LogP) is 4.90. The summed E-state index contributed by atoms with van der Waals surface area (Å²) in [7, 11) is 0. The van der Waals surface area contributed by atoms with Crippen LogP contribution in [0.2, 0.25) is 0 Å². The number of hydrogen-bond acceptors (Lipinski definition) is 4. The molecule has 4 rings (SSSR count). The van der Waals surface area contributed by atoms with Gasteiger partial charge in [0.25, 0.3) is 0 Å². The number of pyridine rings is 1. The molecule has 0 aliphatic heterocycles. The van der Waals surface area contributed by atoms with Crippen LogP contribution in [0.1, 0.15) is 35.1 Å². The van der Waals surface area contributed by atoms with Gasteiger partial charge >= 0.3 is 12.1 Å². The number of carbonyl (C=O) groups is 2. The van der Waals surface area contributed by atoms with Crippen molar-refractivity contribution in [3.8, 4) is 11.1 Å². The van der Waals surface area contributed by atoms with Crippen molar-refractivity contribution in [3.63, 3.8) is 0 Å². The Hall–Kier alpha value is -3.19. The summed E-state index contributed by atoms with van der Waals surface area (Å²) in [6.07, 6.45) is 0.598. The fourth-order valence-corrected chi connectivity index (χ4v) is 4.04. The van der Waals surface area contributed by atoms with Crippen LogP contribution in [-0.4, -0.2) is 28.8 Å². The normalized spacial score (nSPS) is 13.2. The van der Waals surface area contributed by atoms with Crippen molar-refractivity contribution in [2.24, 2.45) is 0 Å². The van der Waals surface area contributed by atoms with Gasteiger partial charge in [0.2, 0.25) is 0 Å². The van der Waals surface area contributed by atoms with Crippen LogP contribution in [0.5, 0.6) is 0 Å². The molecule has 1 atom stereocenters. The number of aromatic nitrogens is 1. The molecule has 2 N–H and O–H groups in total. The number of carboxylic acids is 1. The molecule has 1 amide bonds. The van der Waals surface area contributed by atoms with Crippen LogP contribution in [0.3, 0.4) is 0 Å². The van der Waals surface area contributed by atoms with E-state index in [0.717, 1.165) is 22.3 Å². The maximum Gasteiger partial charge on any atom is 0.407 e. The number of benzene rings is 2. The van der Waals surface area contributed by atoms with E-state index in [1.807, 2.05) is 36.4 Å². The monoisotopic (exact) mass is 466 g/mol. The molecule has 1 aromatic heterocycles. The largest absolute Gasteiger partial charge is 0.481 e. The number of carbonyl (C=O) groups excluding carboxylic acids is 1. The molecule has 1 unspecified atom stereocenters. The summed E-state index contributed by atoms with van der Waals surface area (Å²) in [5.41, 5.74) is 5.11. The van der Waals surface area contributed by atoms with E-state index in [1.165, 1.54) is 6.20 Å². The summed E-state index contributed by atoms with van der Waals surface area (Å²) in [5.74, 6) is -1.09. The second kappa shape index (κ2) is 8.67. The van der Waals surface area contributed by atoms with Gasteiger partial charge in [0.05, 0.1) is 12.5 Å². The lowest BCUT2D eigenvalue weighted by molar-refractivity contribution is -0.137. The van der Waals surface area contributed by atoms with Crippen molar-refractivity contribution in [1.82, 2.24) is 10.3 Å². The molecular weight excluding hydrogens is 448 g/mol. The van der Waals surface area contributed by atoms with E-state index in [9.17, 15) is 14.7 Å². The molecule has 0 bridgehead atoms. The summed E-state index contributed by atoms with van der Waals surface area (Å²) in [6.45, 7) is 0.165. The summed E-state index contributed by atoms with van der Waals surface area (Å²) < 4.78 is 6.15. The molecule has 30 heavy (non-hydrogen) atoms. The van der Waals surface area contributed by atoms with E-state index in [-0.39, 0.29) is 18.9 Å². The van der Waals surface area contributed by atoms with E-state index >= 15 is 0 Å². The van der Waals surface area contributed by atoms with E-state index in [1.54, 1.807) is 12.1 Å². The number of aliphatic carboxylic acids is 1. The van der Waals surface area contributed by atoms with Crippen molar-refractivity contribution < 1.29 is 19.4 Å². The van der Waals surface area contributed by atoms with Gasteiger partial charge in [-0.1, -0.05) is 54.6 Å². The third kappa shape index (κ3) is 4.21. The van der Waals surface area contributed by atoms with Gasteiger partial charge in [-0.2, -0.15) is 0 Å². The SMILES string of the molecule is O=C(O)CC(NC(=O)OCC1c2ccccc2-c2ccccc21)c1ccc(Br)nc1. The van der Waals surface area contributed by atoms with Gasteiger partial charge < -0.3 is 15.2 Å². The molecule has 1 aliphatic rings. The van der Waals surface area contributed by atoms with Crippen LogP contribution in [0.15, 0.2) is 71.5 Å². The maximum absolute atomic E-state index is 12.5. The summed E-state index contributed by atoms with van der Waals surface area (Å²) in [4.78, 5) is 27.9. The molecule has 0 spiro atoms. The van der Waals surface area contributed by atoms with E-state index in [4.69, 9.17) is 4.74 Å². The summed E-state index contributed by atoms with van der Waals surface area (Å²) in [6, 6.07) is 18.8. The quantitative estimate of drug-likeness (QED) is 0.504. The number of nitrogens with zero attached hydrogens (tertiary/aromatic N) is 1. The number of ether oxygens (including phenoxy) is 1. The molecule has 7 heteroatoms. The van der Waals surface area contributed by atoms with E-state index in [2.05, 4.69) is 38.4 Å². The van der Waals surface area contributed by atoms with Crippen molar-refractivity contribution in [2.75, 3.05) is 6.61 Å². The zero-order valence-corrected chi connectivity index (χ0v) is 17.5.